The Kier molecular flexibility index (Phi) is 8.66. The molecule has 2 N–H and O–H groups in total. The summed E-state index contributed by atoms with van der Waals surface area (Å²) in [5.41, 5.74) is 16.2. The molecule has 2 heterocycles. The summed E-state index contributed by atoms with van der Waals surface area (Å²) < 4.78 is 0. The zero-order valence-corrected chi connectivity index (χ0v) is 30.8. The van der Waals surface area contributed by atoms with E-state index in [2.05, 4.69) is 217 Å². The van der Waals surface area contributed by atoms with Crippen LogP contribution in [0.5, 0.6) is 0 Å². The molecule has 8 aromatic carbocycles. The molecular weight excluding hydrogens is 679 g/mol. The minimum Gasteiger partial charge on any atom is -0.374 e. The highest BCUT2D eigenvalue weighted by Gasteiger charge is 2.24. The molecule has 3 nitrogen and oxygen atoms in total. The lowest BCUT2D eigenvalue weighted by Gasteiger charge is -2.29. The minimum atomic E-state index is -0.241. The maximum absolute atomic E-state index is 5.24. The smallest absolute Gasteiger partial charge is 0.145 e. The van der Waals surface area contributed by atoms with Crippen molar-refractivity contribution in [1.29, 1.82) is 0 Å². The van der Waals surface area contributed by atoms with Crippen molar-refractivity contribution in [2.45, 2.75) is 12.2 Å². The van der Waals surface area contributed by atoms with Crippen LogP contribution in [0.3, 0.4) is 0 Å². The summed E-state index contributed by atoms with van der Waals surface area (Å²) in [6, 6.07) is 71.5. The predicted molar refractivity (Wildman–Crippen MR) is 234 cm³/mol. The highest BCUT2D eigenvalue weighted by atomic mass is 15.1. The summed E-state index contributed by atoms with van der Waals surface area (Å²) in [5.74, 6) is 0. The Hall–Kier alpha value is -7.23. The Balaban J connectivity index is 0.996. The van der Waals surface area contributed by atoms with Crippen molar-refractivity contribution in [1.82, 2.24) is 5.32 Å². The number of hydrogen-bond donors (Lipinski definition) is 2. The maximum atomic E-state index is 5.24. The molecule has 10 rings (SSSR count). The van der Waals surface area contributed by atoms with E-state index in [1.54, 1.807) is 0 Å². The Morgan fingerprint density at radius 2 is 0.982 bits per heavy atom. The second-order valence-corrected chi connectivity index (χ2v) is 14.4. The molecule has 8 aromatic rings. The van der Waals surface area contributed by atoms with Crippen LogP contribution in [0, 0.1) is 0 Å². The van der Waals surface area contributed by atoms with E-state index in [0.717, 1.165) is 33.8 Å². The Labute approximate surface area is 328 Å². The van der Waals surface area contributed by atoms with E-state index in [1.165, 1.54) is 55.3 Å². The summed E-state index contributed by atoms with van der Waals surface area (Å²) in [5, 5.41) is 10.1. The molecule has 0 radical (unpaired) electrons. The molecule has 0 saturated heterocycles. The summed E-state index contributed by atoms with van der Waals surface area (Å²) in [4.78, 5) is 5.24. The fourth-order valence-corrected chi connectivity index (χ4v) is 8.12. The van der Waals surface area contributed by atoms with Gasteiger partial charge in [-0.05, 0) is 84.6 Å². The first-order chi connectivity index (χ1) is 27.7. The van der Waals surface area contributed by atoms with Crippen molar-refractivity contribution in [2.75, 3.05) is 5.32 Å². The average molecular weight is 718 g/mol. The first kappa shape index (κ1) is 33.3. The summed E-state index contributed by atoms with van der Waals surface area (Å²) >= 11 is 0. The largest absolute Gasteiger partial charge is 0.374 e. The number of hydrogen-bond acceptors (Lipinski definition) is 3. The van der Waals surface area contributed by atoms with Crippen LogP contribution in [0.4, 0.5) is 5.69 Å². The summed E-state index contributed by atoms with van der Waals surface area (Å²) in [6.07, 6.45) is 4.31. The van der Waals surface area contributed by atoms with E-state index in [4.69, 9.17) is 4.99 Å². The van der Waals surface area contributed by atoms with Gasteiger partial charge < -0.3 is 10.6 Å². The van der Waals surface area contributed by atoms with Gasteiger partial charge in [0.25, 0.3) is 0 Å². The zero-order chi connectivity index (χ0) is 37.3. The monoisotopic (exact) mass is 717 g/mol. The number of anilines is 1. The van der Waals surface area contributed by atoms with Crippen molar-refractivity contribution in [3.8, 4) is 22.3 Å². The Morgan fingerprint density at radius 3 is 1.68 bits per heavy atom. The molecule has 0 spiro atoms. The van der Waals surface area contributed by atoms with E-state index in [1.807, 2.05) is 6.07 Å². The Bertz CT molecular complexity index is 2750. The molecule has 266 valence electrons. The van der Waals surface area contributed by atoms with Gasteiger partial charge in [0, 0.05) is 16.9 Å². The first-order valence-electron chi connectivity index (χ1n) is 19.3. The lowest BCUT2D eigenvalue weighted by atomic mass is 9.85. The molecule has 0 amide bonds. The molecule has 0 fully saturated rings. The molecule has 0 saturated carbocycles. The van der Waals surface area contributed by atoms with E-state index >= 15 is 0 Å². The molecule has 2 aliphatic rings. The van der Waals surface area contributed by atoms with Gasteiger partial charge in [0.2, 0.25) is 0 Å². The van der Waals surface area contributed by atoms with Crippen molar-refractivity contribution < 1.29 is 0 Å². The average Bonchev–Trinajstić information content (AvgIpc) is 3.29. The number of allylic oxidation sites excluding steroid dienone is 1. The molecule has 2 atom stereocenters. The third kappa shape index (κ3) is 6.40. The van der Waals surface area contributed by atoms with E-state index < -0.39 is 0 Å². The van der Waals surface area contributed by atoms with Crippen molar-refractivity contribution in [3.63, 3.8) is 0 Å². The van der Waals surface area contributed by atoms with Gasteiger partial charge >= 0.3 is 0 Å². The minimum absolute atomic E-state index is 0.0783. The number of aliphatic imine (C=N–C) groups is 1. The molecule has 0 aliphatic carbocycles. The van der Waals surface area contributed by atoms with Crippen LogP contribution in [0.15, 0.2) is 217 Å². The quantitative estimate of drug-likeness (QED) is 0.172. The van der Waals surface area contributed by atoms with Gasteiger partial charge in [-0.2, -0.15) is 0 Å². The number of benzene rings is 8. The molecular formula is C53H39N3. The van der Waals surface area contributed by atoms with Crippen LogP contribution < -0.4 is 10.6 Å². The lowest BCUT2D eigenvalue weighted by Crippen LogP contribution is -2.24. The molecule has 0 aromatic heterocycles. The number of fused-ring (bicyclic) bond motifs is 3. The normalized spacial score (nSPS) is 16.1. The highest BCUT2D eigenvalue weighted by molar-refractivity contribution is 6.13. The van der Waals surface area contributed by atoms with Crippen LogP contribution in [-0.2, 0) is 0 Å². The lowest BCUT2D eigenvalue weighted by molar-refractivity contribution is 0.664. The fraction of sp³-hybridized carbons (Fsp3) is 0.0377. The molecule has 3 heteroatoms. The molecule has 56 heavy (non-hydrogen) atoms. The van der Waals surface area contributed by atoms with Gasteiger partial charge in [-0.15, -0.1) is 0 Å². The zero-order valence-electron chi connectivity index (χ0n) is 30.8. The number of nitrogens with one attached hydrogen (secondary N) is 2. The predicted octanol–water partition coefficient (Wildman–Crippen LogP) is 12.9. The number of rotatable bonds is 7. The molecule has 2 aliphatic heterocycles. The van der Waals surface area contributed by atoms with E-state index in [0.29, 0.717) is 0 Å². The van der Waals surface area contributed by atoms with Crippen LogP contribution in [0.2, 0.25) is 0 Å². The summed E-state index contributed by atoms with van der Waals surface area (Å²) in [7, 11) is 0. The third-order valence-corrected chi connectivity index (χ3v) is 11.0. The van der Waals surface area contributed by atoms with Gasteiger partial charge in [-0.25, -0.2) is 0 Å². The van der Waals surface area contributed by atoms with Gasteiger partial charge in [-0.3, -0.25) is 4.99 Å². The van der Waals surface area contributed by atoms with Crippen LogP contribution in [0.1, 0.15) is 45.6 Å². The second kappa shape index (κ2) is 14.5. The van der Waals surface area contributed by atoms with Gasteiger partial charge in [0.15, 0.2) is 0 Å². The van der Waals surface area contributed by atoms with Crippen LogP contribution >= 0.6 is 0 Å². The summed E-state index contributed by atoms with van der Waals surface area (Å²) in [6.45, 7) is 0. The van der Waals surface area contributed by atoms with Gasteiger partial charge in [0.05, 0.1) is 11.8 Å². The van der Waals surface area contributed by atoms with Crippen LogP contribution in [0.25, 0.3) is 44.3 Å². The van der Waals surface area contributed by atoms with Gasteiger partial charge in [0.1, 0.15) is 6.17 Å². The molecule has 0 bridgehead atoms. The Morgan fingerprint density at radius 1 is 0.393 bits per heavy atom. The second-order valence-electron chi connectivity index (χ2n) is 14.4. The first-order valence-corrected chi connectivity index (χ1v) is 19.3. The highest BCUT2D eigenvalue weighted by Crippen LogP contribution is 2.44. The fourth-order valence-electron chi connectivity index (χ4n) is 8.12. The number of nitrogens with zero attached hydrogens (tertiary/aromatic N) is 1. The topological polar surface area (TPSA) is 36.4 Å². The maximum Gasteiger partial charge on any atom is 0.145 e. The van der Waals surface area contributed by atoms with E-state index in [9.17, 15) is 0 Å². The van der Waals surface area contributed by atoms with Crippen LogP contribution in [-0.4, -0.2) is 5.71 Å². The van der Waals surface area contributed by atoms with Gasteiger partial charge in [-0.1, -0.05) is 194 Å². The standard InChI is InChI=1S/C53H39N3/c1-5-14-36(15-6-1)37-24-28-42(29-25-37)51-35-50(41-20-11-4-12-21-41)55-53(56-51)43-30-26-39(27-31-43)44-22-13-23-46-45(44)32-33-48-52(46)47(38-16-7-2-8-17-38)34-49(54-48)40-18-9-3-10-19-40/h1-35,49,53-54,56H. The van der Waals surface area contributed by atoms with Crippen molar-refractivity contribution in [2.24, 2.45) is 4.99 Å². The van der Waals surface area contributed by atoms with E-state index in [-0.39, 0.29) is 12.2 Å². The van der Waals surface area contributed by atoms with Crippen molar-refractivity contribution >= 4 is 33.4 Å². The molecule has 2 unspecified atom stereocenters. The van der Waals surface area contributed by atoms with Crippen molar-refractivity contribution in [3.05, 3.63) is 246 Å². The SMILES string of the molecule is C1=C(c2ccc(-c3ccccc3)cc2)NC(c2ccc(-c3cccc4c5c(ccc34)NC(c3ccccc3)C=C5c3ccccc3)cc2)N=C1c1ccccc1. The third-order valence-electron chi connectivity index (χ3n) is 11.0.